The Hall–Kier alpha value is -2.81. The molecule has 0 aliphatic carbocycles. The van der Waals surface area contributed by atoms with Gasteiger partial charge in [0.2, 0.25) is 0 Å². The summed E-state index contributed by atoms with van der Waals surface area (Å²) in [6.45, 7) is 1.65. The van der Waals surface area contributed by atoms with E-state index in [0.29, 0.717) is 17.7 Å². The molecule has 6 heteroatoms. The van der Waals surface area contributed by atoms with E-state index in [1.165, 1.54) is 18.2 Å². The highest BCUT2D eigenvalue weighted by atomic mass is 19.1. The molecule has 3 nitrogen and oxygen atoms in total. The summed E-state index contributed by atoms with van der Waals surface area (Å²) in [5.41, 5.74) is -0.625. The van der Waals surface area contributed by atoms with Crippen molar-refractivity contribution in [2.75, 3.05) is 0 Å². The molecule has 0 aromatic heterocycles. The Kier molecular flexibility index (Phi) is 3.94. The molecule has 0 aliphatic heterocycles. The van der Waals surface area contributed by atoms with Gasteiger partial charge in [0.15, 0.2) is 11.6 Å². The minimum Gasteiger partial charge on any atom is -0.420 e. The summed E-state index contributed by atoms with van der Waals surface area (Å²) in [5, 5.41) is 8.53. The first-order valence-corrected chi connectivity index (χ1v) is 5.80. The molecule has 0 saturated carbocycles. The van der Waals surface area contributed by atoms with Crippen molar-refractivity contribution in [1.82, 2.24) is 0 Å². The van der Waals surface area contributed by atoms with Gasteiger partial charge in [0, 0.05) is 0 Å². The fraction of sp³-hybridized carbons (Fsp3) is 0.0667. The van der Waals surface area contributed by atoms with Crippen molar-refractivity contribution < 1.29 is 22.7 Å². The van der Waals surface area contributed by atoms with Crippen molar-refractivity contribution in [1.29, 1.82) is 5.26 Å². The second-order valence-corrected chi connectivity index (χ2v) is 4.25. The van der Waals surface area contributed by atoms with Crippen LogP contribution >= 0.6 is 0 Å². The maximum absolute atomic E-state index is 13.5. The van der Waals surface area contributed by atoms with Crippen LogP contribution in [0.1, 0.15) is 21.5 Å². The molecule has 0 radical (unpaired) electrons. The van der Waals surface area contributed by atoms with Gasteiger partial charge >= 0.3 is 5.97 Å². The van der Waals surface area contributed by atoms with Crippen LogP contribution in [0.4, 0.5) is 13.2 Å². The largest absolute Gasteiger partial charge is 0.420 e. The maximum atomic E-state index is 13.5. The summed E-state index contributed by atoms with van der Waals surface area (Å²) >= 11 is 0. The van der Waals surface area contributed by atoms with E-state index < -0.39 is 34.5 Å². The summed E-state index contributed by atoms with van der Waals surface area (Å²) in [6.07, 6.45) is 0. The summed E-state index contributed by atoms with van der Waals surface area (Å²) in [7, 11) is 0. The quantitative estimate of drug-likeness (QED) is 0.628. The van der Waals surface area contributed by atoms with Crippen LogP contribution in [0.3, 0.4) is 0 Å². The Morgan fingerprint density at radius 1 is 1.10 bits per heavy atom. The molecule has 0 bridgehead atoms. The lowest BCUT2D eigenvalue weighted by Gasteiger charge is -2.07. The van der Waals surface area contributed by atoms with E-state index >= 15 is 0 Å². The van der Waals surface area contributed by atoms with E-state index in [0.717, 1.165) is 6.07 Å². The van der Waals surface area contributed by atoms with Gasteiger partial charge < -0.3 is 4.74 Å². The Labute approximate surface area is 118 Å². The highest BCUT2D eigenvalue weighted by Crippen LogP contribution is 2.21. The zero-order valence-electron chi connectivity index (χ0n) is 10.8. The van der Waals surface area contributed by atoms with Crippen molar-refractivity contribution in [2.45, 2.75) is 6.92 Å². The predicted molar refractivity (Wildman–Crippen MR) is 67.2 cm³/mol. The Bertz CT molecular complexity index is 743. The normalized spacial score (nSPS) is 10.0. The number of halogens is 3. The number of ether oxygens (including phenoxy) is 1. The number of benzene rings is 2. The summed E-state index contributed by atoms with van der Waals surface area (Å²) < 4.78 is 45.1. The number of hydrogen-bond acceptors (Lipinski definition) is 3. The molecule has 106 valence electrons. The van der Waals surface area contributed by atoms with E-state index in [9.17, 15) is 18.0 Å². The summed E-state index contributed by atoms with van der Waals surface area (Å²) in [6, 6.07) is 6.57. The van der Waals surface area contributed by atoms with Crippen LogP contribution in [0.5, 0.6) is 5.75 Å². The highest BCUT2D eigenvalue weighted by Gasteiger charge is 2.17. The van der Waals surface area contributed by atoms with Crippen molar-refractivity contribution >= 4 is 5.97 Å². The number of carbonyl (C=O) groups is 1. The first-order valence-electron chi connectivity index (χ1n) is 5.80. The monoisotopic (exact) mass is 291 g/mol. The number of esters is 1. The Balaban J connectivity index is 2.31. The zero-order valence-corrected chi connectivity index (χ0v) is 10.8. The van der Waals surface area contributed by atoms with Gasteiger partial charge in [-0.15, -0.1) is 0 Å². The second-order valence-electron chi connectivity index (χ2n) is 4.25. The molecule has 2 rings (SSSR count). The average molecular weight is 291 g/mol. The van der Waals surface area contributed by atoms with Crippen molar-refractivity contribution in [3.8, 4) is 11.8 Å². The maximum Gasteiger partial charge on any atom is 0.343 e. The third-order valence-corrected chi connectivity index (χ3v) is 2.68. The van der Waals surface area contributed by atoms with Crippen LogP contribution < -0.4 is 4.74 Å². The molecule has 0 amide bonds. The van der Waals surface area contributed by atoms with Gasteiger partial charge in [-0.3, -0.25) is 0 Å². The lowest BCUT2D eigenvalue weighted by Crippen LogP contribution is -2.11. The number of nitriles is 1. The zero-order chi connectivity index (χ0) is 15.6. The van der Waals surface area contributed by atoms with Crippen LogP contribution in [0.25, 0.3) is 0 Å². The van der Waals surface area contributed by atoms with Gasteiger partial charge in [0.25, 0.3) is 0 Å². The number of nitrogens with zero attached hydrogens (tertiary/aromatic N) is 1. The van der Waals surface area contributed by atoms with Crippen LogP contribution in [-0.4, -0.2) is 5.97 Å². The SMILES string of the molecule is Cc1ccc(OC(=O)c2cc(F)c(C#N)c(F)c2)c(F)c1. The minimum atomic E-state index is -1.19. The second kappa shape index (κ2) is 5.67. The highest BCUT2D eigenvalue weighted by molar-refractivity contribution is 5.91. The molecule has 2 aromatic rings. The third-order valence-electron chi connectivity index (χ3n) is 2.68. The number of rotatable bonds is 2. The molecule has 0 fully saturated rings. The smallest absolute Gasteiger partial charge is 0.343 e. The lowest BCUT2D eigenvalue weighted by molar-refractivity contribution is 0.0726. The molecule has 0 spiro atoms. The fourth-order valence-corrected chi connectivity index (χ4v) is 1.65. The molecule has 0 heterocycles. The van der Waals surface area contributed by atoms with Crippen molar-refractivity contribution in [3.05, 3.63) is 64.5 Å². The molecule has 21 heavy (non-hydrogen) atoms. The molecule has 0 atom stereocenters. The standard InChI is InChI=1S/C15H8F3NO2/c1-8-2-3-14(13(18)4-8)21-15(20)9-5-11(16)10(7-19)12(17)6-9/h2-6H,1H3. The molecule has 0 saturated heterocycles. The molecule has 0 N–H and O–H groups in total. The number of hydrogen-bond donors (Lipinski definition) is 0. The predicted octanol–water partition coefficient (Wildman–Crippen LogP) is 3.50. The van der Waals surface area contributed by atoms with Crippen LogP contribution in [0, 0.1) is 35.7 Å². The van der Waals surface area contributed by atoms with Gasteiger partial charge in [-0.25, -0.2) is 18.0 Å². The van der Waals surface area contributed by atoms with E-state index in [-0.39, 0.29) is 5.75 Å². The summed E-state index contributed by atoms with van der Waals surface area (Å²) in [4.78, 5) is 11.8. The fourth-order valence-electron chi connectivity index (χ4n) is 1.65. The van der Waals surface area contributed by atoms with Gasteiger partial charge in [-0.2, -0.15) is 5.26 Å². The van der Waals surface area contributed by atoms with Gasteiger partial charge in [0.05, 0.1) is 5.56 Å². The molecule has 2 aromatic carbocycles. The van der Waals surface area contributed by atoms with E-state index in [1.54, 1.807) is 6.92 Å². The van der Waals surface area contributed by atoms with Gasteiger partial charge in [-0.1, -0.05) is 6.07 Å². The van der Waals surface area contributed by atoms with Crippen LogP contribution in [-0.2, 0) is 0 Å². The summed E-state index contributed by atoms with van der Waals surface area (Å²) in [5.74, 6) is -4.61. The van der Waals surface area contributed by atoms with Crippen LogP contribution in [0.15, 0.2) is 30.3 Å². The molecule has 0 unspecified atom stereocenters. The van der Waals surface area contributed by atoms with Crippen molar-refractivity contribution in [2.24, 2.45) is 0 Å². The third kappa shape index (κ3) is 3.03. The topological polar surface area (TPSA) is 50.1 Å². The first-order chi connectivity index (χ1) is 9.92. The Morgan fingerprint density at radius 3 is 2.24 bits per heavy atom. The number of carbonyl (C=O) groups excluding carboxylic acids is 1. The average Bonchev–Trinajstić information content (AvgIpc) is 2.41. The lowest BCUT2D eigenvalue weighted by atomic mass is 10.1. The van der Waals surface area contributed by atoms with E-state index in [1.807, 2.05) is 0 Å². The van der Waals surface area contributed by atoms with Crippen molar-refractivity contribution in [3.63, 3.8) is 0 Å². The van der Waals surface area contributed by atoms with E-state index in [4.69, 9.17) is 10.00 Å². The van der Waals surface area contributed by atoms with E-state index in [2.05, 4.69) is 0 Å². The molecular formula is C15H8F3NO2. The minimum absolute atomic E-state index is 0.351. The van der Waals surface area contributed by atoms with Gasteiger partial charge in [0.1, 0.15) is 23.3 Å². The molecular weight excluding hydrogens is 283 g/mol. The number of aryl methyl sites for hydroxylation is 1. The first kappa shape index (κ1) is 14.6. The van der Waals surface area contributed by atoms with Gasteiger partial charge in [-0.05, 0) is 36.8 Å². The Morgan fingerprint density at radius 2 is 1.71 bits per heavy atom. The van der Waals surface area contributed by atoms with Crippen LogP contribution in [0.2, 0.25) is 0 Å². The molecule has 0 aliphatic rings.